The maximum absolute atomic E-state index is 12.5. The van der Waals surface area contributed by atoms with E-state index >= 15 is 0 Å². The van der Waals surface area contributed by atoms with E-state index in [1.807, 2.05) is 25.1 Å². The second kappa shape index (κ2) is 6.94. The van der Waals surface area contributed by atoms with E-state index in [4.69, 9.17) is 4.74 Å². The first-order chi connectivity index (χ1) is 10.0. The molecule has 1 N–H and O–H groups in total. The van der Waals surface area contributed by atoms with Crippen molar-refractivity contribution >= 4 is 5.91 Å². The summed E-state index contributed by atoms with van der Waals surface area (Å²) in [5.41, 5.74) is 2.01. The third kappa shape index (κ3) is 3.76. The van der Waals surface area contributed by atoms with Crippen LogP contribution in [0, 0.1) is 6.92 Å². The van der Waals surface area contributed by atoms with E-state index in [9.17, 15) is 9.90 Å². The van der Waals surface area contributed by atoms with E-state index in [0.717, 1.165) is 42.6 Å². The third-order valence-electron chi connectivity index (χ3n) is 4.36. The molecule has 0 aromatic heterocycles. The summed E-state index contributed by atoms with van der Waals surface area (Å²) in [6.07, 6.45) is 3.71. The van der Waals surface area contributed by atoms with Crippen molar-refractivity contribution in [2.24, 2.45) is 0 Å². The molecule has 21 heavy (non-hydrogen) atoms. The first-order valence-corrected chi connectivity index (χ1v) is 7.60. The average Bonchev–Trinajstić information content (AvgIpc) is 2.47. The van der Waals surface area contributed by atoms with Gasteiger partial charge in [-0.15, -0.1) is 0 Å². The highest BCUT2D eigenvalue weighted by molar-refractivity contribution is 5.79. The molecule has 1 aromatic carbocycles. The topological polar surface area (TPSA) is 49.8 Å². The van der Waals surface area contributed by atoms with Crippen LogP contribution in [0.4, 0.5) is 0 Å². The lowest BCUT2D eigenvalue weighted by molar-refractivity contribution is -0.134. The summed E-state index contributed by atoms with van der Waals surface area (Å²) in [4.78, 5) is 14.2. The molecular weight excluding hydrogens is 266 g/mol. The van der Waals surface area contributed by atoms with Crippen LogP contribution in [-0.4, -0.2) is 42.2 Å². The van der Waals surface area contributed by atoms with Crippen molar-refractivity contribution in [3.63, 3.8) is 0 Å². The molecule has 0 aliphatic heterocycles. The molecule has 1 aliphatic carbocycles. The van der Waals surface area contributed by atoms with Gasteiger partial charge in [-0.2, -0.15) is 0 Å². The standard InChI is InChI=1S/C17H25NO3/c1-12-8-9-16(21-3)13(10-12)11-17(20)18(2)14-6-4-5-7-15(14)19/h8-10,14-15,19H,4-7,11H2,1-3H3. The fourth-order valence-corrected chi connectivity index (χ4v) is 3.06. The summed E-state index contributed by atoms with van der Waals surface area (Å²) < 4.78 is 5.33. The van der Waals surface area contributed by atoms with Gasteiger partial charge in [-0.25, -0.2) is 0 Å². The number of benzene rings is 1. The molecule has 0 radical (unpaired) electrons. The summed E-state index contributed by atoms with van der Waals surface area (Å²) in [7, 11) is 3.41. The van der Waals surface area contributed by atoms with Crippen LogP contribution in [0.5, 0.6) is 5.75 Å². The first-order valence-electron chi connectivity index (χ1n) is 7.60. The second-order valence-corrected chi connectivity index (χ2v) is 5.92. The van der Waals surface area contributed by atoms with Crippen LogP contribution in [0.1, 0.15) is 36.8 Å². The summed E-state index contributed by atoms with van der Waals surface area (Å²) >= 11 is 0. The molecule has 0 saturated heterocycles. The number of methoxy groups -OCH3 is 1. The van der Waals surface area contributed by atoms with Gasteiger partial charge in [0.25, 0.3) is 0 Å². The Morgan fingerprint density at radius 2 is 2.10 bits per heavy atom. The highest BCUT2D eigenvalue weighted by atomic mass is 16.5. The minimum Gasteiger partial charge on any atom is -0.496 e. The van der Waals surface area contributed by atoms with E-state index in [-0.39, 0.29) is 11.9 Å². The Bertz CT molecular complexity index is 501. The van der Waals surface area contributed by atoms with Gasteiger partial charge in [0.05, 0.1) is 25.7 Å². The molecule has 0 heterocycles. The van der Waals surface area contributed by atoms with Gasteiger partial charge in [0.2, 0.25) is 5.91 Å². The van der Waals surface area contributed by atoms with E-state index in [2.05, 4.69) is 0 Å². The molecule has 116 valence electrons. The van der Waals surface area contributed by atoms with Crippen LogP contribution < -0.4 is 4.74 Å². The monoisotopic (exact) mass is 291 g/mol. The van der Waals surface area contributed by atoms with Gasteiger partial charge in [0, 0.05) is 12.6 Å². The number of aliphatic hydroxyl groups excluding tert-OH is 1. The lowest BCUT2D eigenvalue weighted by atomic mass is 9.91. The predicted molar refractivity (Wildman–Crippen MR) is 82.5 cm³/mol. The number of hydrogen-bond acceptors (Lipinski definition) is 3. The first kappa shape index (κ1) is 15.8. The van der Waals surface area contributed by atoms with E-state index in [0.29, 0.717) is 6.42 Å². The number of amides is 1. The Hall–Kier alpha value is -1.55. The Balaban J connectivity index is 2.08. The summed E-state index contributed by atoms with van der Waals surface area (Å²) in [6, 6.07) is 5.80. The Morgan fingerprint density at radius 1 is 1.38 bits per heavy atom. The van der Waals surface area contributed by atoms with E-state index in [1.54, 1.807) is 19.1 Å². The van der Waals surface area contributed by atoms with Crippen LogP contribution in [0.15, 0.2) is 18.2 Å². The number of likely N-dealkylation sites (N-methyl/N-ethyl adjacent to an activating group) is 1. The summed E-state index contributed by atoms with van der Waals surface area (Å²) in [6.45, 7) is 2.00. The zero-order valence-electron chi connectivity index (χ0n) is 13.1. The van der Waals surface area contributed by atoms with Crippen LogP contribution in [-0.2, 0) is 11.2 Å². The molecule has 2 rings (SSSR count). The third-order valence-corrected chi connectivity index (χ3v) is 4.36. The zero-order valence-corrected chi connectivity index (χ0v) is 13.1. The van der Waals surface area contributed by atoms with Crippen molar-refractivity contribution in [1.29, 1.82) is 0 Å². The molecule has 0 bridgehead atoms. The number of carbonyl (C=O) groups is 1. The number of aliphatic hydroxyl groups is 1. The second-order valence-electron chi connectivity index (χ2n) is 5.92. The SMILES string of the molecule is COc1ccc(C)cc1CC(=O)N(C)C1CCCCC1O. The zero-order chi connectivity index (χ0) is 15.4. The Morgan fingerprint density at radius 3 is 2.76 bits per heavy atom. The van der Waals surface area contributed by atoms with Crippen molar-refractivity contribution in [3.05, 3.63) is 29.3 Å². The Labute approximate surface area is 126 Å². The molecule has 0 spiro atoms. The van der Waals surface area contributed by atoms with Crippen molar-refractivity contribution in [2.75, 3.05) is 14.2 Å². The van der Waals surface area contributed by atoms with Gasteiger partial charge in [0.1, 0.15) is 5.75 Å². The van der Waals surface area contributed by atoms with Crippen LogP contribution >= 0.6 is 0 Å². The normalized spacial score (nSPS) is 21.9. The van der Waals surface area contributed by atoms with Crippen molar-refractivity contribution < 1.29 is 14.6 Å². The lowest BCUT2D eigenvalue weighted by Crippen LogP contribution is -2.46. The molecule has 1 amide bonds. The molecule has 2 unspecified atom stereocenters. The molecule has 1 aliphatic rings. The minimum absolute atomic E-state index is 0.0323. The van der Waals surface area contributed by atoms with Crippen molar-refractivity contribution in [3.8, 4) is 5.75 Å². The van der Waals surface area contributed by atoms with Gasteiger partial charge in [0.15, 0.2) is 0 Å². The van der Waals surface area contributed by atoms with Gasteiger partial charge in [-0.3, -0.25) is 4.79 Å². The highest BCUT2D eigenvalue weighted by Crippen LogP contribution is 2.25. The molecule has 4 heteroatoms. The van der Waals surface area contributed by atoms with Crippen molar-refractivity contribution in [2.45, 2.75) is 51.2 Å². The van der Waals surface area contributed by atoms with Gasteiger partial charge >= 0.3 is 0 Å². The van der Waals surface area contributed by atoms with E-state index in [1.165, 1.54) is 0 Å². The molecular formula is C17H25NO3. The fraction of sp³-hybridized carbons (Fsp3) is 0.588. The molecule has 1 aromatic rings. The number of aryl methyl sites for hydroxylation is 1. The maximum atomic E-state index is 12.5. The van der Waals surface area contributed by atoms with Gasteiger partial charge < -0.3 is 14.7 Å². The molecule has 1 fully saturated rings. The van der Waals surface area contributed by atoms with Crippen LogP contribution in [0.25, 0.3) is 0 Å². The van der Waals surface area contributed by atoms with E-state index < -0.39 is 6.10 Å². The molecule has 2 atom stereocenters. The summed E-state index contributed by atoms with van der Waals surface area (Å²) in [5, 5.41) is 10.1. The maximum Gasteiger partial charge on any atom is 0.227 e. The minimum atomic E-state index is -0.396. The van der Waals surface area contributed by atoms with Crippen LogP contribution in [0.2, 0.25) is 0 Å². The fourth-order valence-electron chi connectivity index (χ4n) is 3.06. The quantitative estimate of drug-likeness (QED) is 0.926. The summed E-state index contributed by atoms with van der Waals surface area (Å²) in [5.74, 6) is 0.774. The smallest absolute Gasteiger partial charge is 0.227 e. The van der Waals surface area contributed by atoms with Crippen LogP contribution in [0.3, 0.4) is 0 Å². The van der Waals surface area contributed by atoms with Gasteiger partial charge in [-0.1, -0.05) is 30.5 Å². The Kier molecular flexibility index (Phi) is 5.23. The average molecular weight is 291 g/mol. The molecule has 1 saturated carbocycles. The predicted octanol–water partition coefficient (Wildman–Crippen LogP) is 2.31. The number of nitrogens with zero attached hydrogens (tertiary/aromatic N) is 1. The van der Waals surface area contributed by atoms with Gasteiger partial charge in [-0.05, 0) is 25.8 Å². The number of hydrogen-bond donors (Lipinski definition) is 1. The number of rotatable bonds is 4. The molecule has 4 nitrogen and oxygen atoms in total. The largest absolute Gasteiger partial charge is 0.496 e. The number of ether oxygens (including phenoxy) is 1. The van der Waals surface area contributed by atoms with Crippen molar-refractivity contribution in [1.82, 2.24) is 4.90 Å². The highest BCUT2D eigenvalue weighted by Gasteiger charge is 2.29. The number of carbonyl (C=O) groups excluding carboxylic acids is 1. The lowest BCUT2D eigenvalue weighted by Gasteiger charge is -2.35.